The number of amidine groups is 1. The van der Waals surface area contributed by atoms with Crippen molar-refractivity contribution in [1.29, 1.82) is 0 Å². The summed E-state index contributed by atoms with van der Waals surface area (Å²) in [4.78, 5) is 12.7. The van der Waals surface area contributed by atoms with Crippen LogP contribution < -0.4 is 11.1 Å². The second kappa shape index (κ2) is 7.06. The van der Waals surface area contributed by atoms with E-state index in [1.165, 1.54) is 11.3 Å². The van der Waals surface area contributed by atoms with Gasteiger partial charge in [-0.15, -0.1) is 11.3 Å². The van der Waals surface area contributed by atoms with Crippen LogP contribution in [0.25, 0.3) is 0 Å². The van der Waals surface area contributed by atoms with Gasteiger partial charge >= 0.3 is 0 Å². The molecule has 0 unspecified atom stereocenters. The molecule has 0 atom stereocenters. The number of hydrogen-bond acceptors (Lipinski definition) is 4. The summed E-state index contributed by atoms with van der Waals surface area (Å²) in [5.41, 5.74) is 7.02. The number of anilines is 1. The molecular weight excluding hydrogens is 422 g/mol. The highest BCUT2D eigenvalue weighted by molar-refractivity contribution is 9.13. The van der Waals surface area contributed by atoms with Crippen molar-refractivity contribution >= 4 is 60.6 Å². The van der Waals surface area contributed by atoms with Gasteiger partial charge in [-0.3, -0.25) is 4.79 Å². The molecule has 5 nitrogen and oxygen atoms in total. The lowest BCUT2D eigenvalue weighted by atomic mass is 10.1. The van der Waals surface area contributed by atoms with Crippen molar-refractivity contribution in [2.45, 2.75) is 6.42 Å². The van der Waals surface area contributed by atoms with E-state index in [0.717, 1.165) is 13.8 Å². The van der Waals surface area contributed by atoms with Crippen LogP contribution in [0.5, 0.6) is 0 Å². The fraction of sp³-hybridized carbons (Fsp3) is 0.0769. The predicted molar refractivity (Wildman–Crippen MR) is 91.2 cm³/mol. The van der Waals surface area contributed by atoms with Gasteiger partial charge in [0, 0.05) is 16.6 Å². The number of oxime groups is 1. The normalized spacial score (nSPS) is 11.4. The number of hydrogen-bond donors (Lipinski definition) is 3. The summed E-state index contributed by atoms with van der Waals surface area (Å²) in [5, 5.41) is 14.3. The first kappa shape index (κ1) is 16.0. The SMILES string of the molecule is N/C(Cc1ccc(NC(=O)c2cc(Br)c(Br)s2)cc1)=N/O. The summed E-state index contributed by atoms with van der Waals surface area (Å²) in [6, 6.07) is 8.93. The van der Waals surface area contributed by atoms with E-state index in [-0.39, 0.29) is 11.7 Å². The number of benzene rings is 1. The second-order valence-electron chi connectivity index (χ2n) is 4.15. The highest BCUT2D eigenvalue weighted by atomic mass is 79.9. The number of nitrogens with zero attached hydrogens (tertiary/aromatic N) is 1. The zero-order chi connectivity index (χ0) is 15.4. The zero-order valence-electron chi connectivity index (χ0n) is 10.6. The number of thiophene rings is 1. The Morgan fingerprint density at radius 1 is 1.33 bits per heavy atom. The van der Waals surface area contributed by atoms with Crippen molar-refractivity contribution in [2.75, 3.05) is 5.32 Å². The minimum Gasteiger partial charge on any atom is -0.409 e. The molecule has 2 aromatic rings. The average molecular weight is 433 g/mol. The van der Waals surface area contributed by atoms with Crippen LogP contribution in [0.3, 0.4) is 0 Å². The van der Waals surface area contributed by atoms with Crippen LogP contribution in [0.2, 0.25) is 0 Å². The van der Waals surface area contributed by atoms with E-state index in [1.807, 2.05) is 12.1 Å². The van der Waals surface area contributed by atoms with E-state index in [0.29, 0.717) is 17.0 Å². The number of rotatable bonds is 4. The van der Waals surface area contributed by atoms with Crippen molar-refractivity contribution in [1.82, 2.24) is 0 Å². The highest BCUT2D eigenvalue weighted by Gasteiger charge is 2.12. The van der Waals surface area contributed by atoms with Crippen molar-refractivity contribution in [2.24, 2.45) is 10.9 Å². The fourth-order valence-corrected chi connectivity index (χ4v) is 3.53. The average Bonchev–Trinajstić information content (AvgIpc) is 2.81. The molecule has 2 rings (SSSR count). The number of halogens is 2. The van der Waals surface area contributed by atoms with E-state index in [2.05, 4.69) is 42.3 Å². The molecule has 110 valence electrons. The summed E-state index contributed by atoms with van der Waals surface area (Å²) < 4.78 is 1.73. The molecule has 0 aliphatic rings. The van der Waals surface area contributed by atoms with Crippen molar-refractivity contribution in [3.05, 3.63) is 49.0 Å². The Bertz CT molecular complexity index is 664. The molecule has 0 fully saturated rings. The second-order valence-corrected chi connectivity index (χ2v) is 7.38. The standard InChI is InChI=1S/C13H11Br2N3O2S/c14-9-6-10(21-12(9)15)13(19)17-8-3-1-7(2-4-8)5-11(16)18-20/h1-4,6,20H,5H2,(H2,16,18)(H,17,19). The maximum Gasteiger partial charge on any atom is 0.265 e. The highest BCUT2D eigenvalue weighted by Crippen LogP contribution is 2.32. The first-order chi connectivity index (χ1) is 9.99. The Labute approximate surface area is 142 Å². The summed E-state index contributed by atoms with van der Waals surface area (Å²) in [7, 11) is 0. The monoisotopic (exact) mass is 431 g/mol. The van der Waals surface area contributed by atoms with E-state index < -0.39 is 0 Å². The molecule has 1 aromatic heterocycles. The van der Waals surface area contributed by atoms with Gasteiger partial charge in [0.05, 0.1) is 8.66 Å². The van der Waals surface area contributed by atoms with Gasteiger partial charge in [-0.1, -0.05) is 17.3 Å². The van der Waals surface area contributed by atoms with Crippen LogP contribution in [0.1, 0.15) is 15.2 Å². The topological polar surface area (TPSA) is 87.7 Å². The summed E-state index contributed by atoms with van der Waals surface area (Å²) in [5.74, 6) is -0.0318. The Morgan fingerprint density at radius 3 is 2.52 bits per heavy atom. The zero-order valence-corrected chi connectivity index (χ0v) is 14.6. The van der Waals surface area contributed by atoms with Gasteiger partial charge < -0.3 is 16.3 Å². The Morgan fingerprint density at radius 2 is 2.00 bits per heavy atom. The molecule has 0 bridgehead atoms. The number of nitrogens with one attached hydrogen (secondary N) is 1. The number of carbonyl (C=O) groups is 1. The van der Waals surface area contributed by atoms with Crippen LogP contribution in [-0.2, 0) is 6.42 Å². The maximum atomic E-state index is 12.1. The molecule has 0 radical (unpaired) electrons. The van der Waals surface area contributed by atoms with Gasteiger partial charge in [0.15, 0.2) is 0 Å². The molecule has 0 aliphatic carbocycles. The Kier molecular flexibility index (Phi) is 5.38. The van der Waals surface area contributed by atoms with Gasteiger partial charge in [-0.05, 0) is 55.6 Å². The third kappa shape index (κ3) is 4.29. The molecule has 1 aromatic carbocycles. The summed E-state index contributed by atoms with van der Waals surface area (Å²) in [6.07, 6.45) is 0.357. The minimum absolute atomic E-state index is 0.139. The van der Waals surface area contributed by atoms with E-state index in [1.54, 1.807) is 18.2 Å². The van der Waals surface area contributed by atoms with E-state index in [9.17, 15) is 4.79 Å². The largest absolute Gasteiger partial charge is 0.409 e. The lowest BCUT2D eigenvalue weighted by Gasteiger charge is -2.05. The lowest BCUT2D eigenvalue weighted by molar-refractivity contribution is 0.103. The quantitative estimate of drug-likeness (QED) is 0.297. The molecule has 0 saturated heterocycles. The fourth-order valence-electron chi connectivity index (χ4n) is 1.60. The summed E-state index contributed by atoms with van der Waals surface area (Å²) >= 11 is 8.06. The third-order valence-electron chi connectivity index (χ3n) is 2.59. The number of carbonyl (C=O) groups excluding carboxylic acids is 1. The molecule has 0 aliphatic heterocycles. The van der Waals surface area contributed by atoms with E-state index >= 15 is 0 Å². The molecule has 0 spiro atoms. The molecule has 8 heteroatoms. The van der Waals surface area contributed by atoms with Gasteiger partial charge in [0.2, 0.25) is 0 Å². The van der Waals surface area contributed by atoms with Crippen molar-refractivity contribution < 1.29 is 10.0 Å². The van der Waals surface area contributed by atoms with Gasteiger partial charge in [-0.25, -0.2) is 0 Å². The summed E-state index contributed by atoms with van der Waals surface area (Å²) in [6.45, 7) is 0. The molecule has 4 N–H and O–H groups in total. The van der Waals surface area contributed by atoms with Crippen LogP contribution in [-0.4, -0.2) is 17.0 Å². The molecule has 1 amide bonds. The molecular formula is C13H11Br2N3O2S. The van der Waals surface area contributed by atoms with Crippen molar-refractivity contribution in [3.8, 4) is 0 Å². The van der Waals surface area contributed by atoms with Crippen LogP contribution in [0.4, 0.5) is 5.69 Å². The molecule has 0 saturated carbocycles. The maximum absolute atomic E-state index is 12.1. The van der Waals surface area contributed by atoms with E-state index in [4.69, 9.17) is 10.9 Å². The number of amides is 1. The Balaban J connectivity index is 2.04. The third-order valence-corrected chi connectivity index (χ3v) is 5.85. The van der Waals surface area contributed by atoms with Crippen LogP contribution in [0, 0.1) is 0 Å². The van der Waals surface area contributed by atoms with Gasteiger partial charge in [0.25, 0.3) is 5.91 Å². The minimum atomic E-state index is -0.171. The lowest BCUT2D eigenvalue weighted by Crippen LogP contribution is -2.14. The van der Waals surface area contributed by atoms with Crippen LogP contribution >= 0.6 is 43.2 Å². The number of nitrogens with two attached hydrogens (primary N) is 1. The first-order valence-electron chi connectivity index (χ1n) is 5.81. The van der Waals surface area contributed by atoms with Gasteiger partial charge in [0.1, 0.15) is 5.84 Å². The van der Waals surface area contributed by atoms with Crippen LogP contribution in [0.15, 0.2) is 43.7 Å². The first-order valence-corrected chi connectivity index (χ1v) is 8.21. The Hall–Kier alpha value is -1.38. The van der Waals surface area contributed by atoms with Gasteiger partial charge in [-0.2, -0.15) is 0 Å². The molecule has 1 heterocycles. The molecule has 21 heavy (non-hydrogen) atoms. The predicted octanol–water partition coefficient (Wildman–Crippen LogP) is 3.81. The van der Waals surface area contributed by atoms with Crippen molar-refractivity contribution in [3.63, 3.8) is 0 Å². The smallest absolute Gasteiger partial charge is 0.265 e.